The molecule has 1 nitrogen and oxygen atoms in total. The SMILES string of the molecule is C[N+](C)(CBr)CCF. The maximum Gasteiger partial charge on any atom is 0.138 e. The highest BCUT2D eigenvalue weighted by atomic mass is 79.9. The molecule has 0 aromatic carbocycles. The number of nitrogens with zero attached hydrogens (tertiary/aromatic N) is 1. The number of halogens is 2. The minimum Gasteiger partial charge on any atom is -0.317 e. The molecule has 0 N–H and O–H groups in total. The first kappa shape index (κ1) is 8.37. The molecule has 0 heterocycles. The summed E-state index contributed by atoms with van der Waals surface area (Å²) >= 11 is 3.28. The topological polar surface area (TPSA) is 0 Å². The van der Waals surface area contributed by atoms with Crippen LogP contribution in [0.3, 0.4) is 0 Å². The van der Waals surface area contributed by atoms with Crippen LogP contribution in [0.25, 0.3) is 0 Å². The molecule has 0 aromatic rings. The van der Waals surface area contributed by atoms with Gasteiger partial charge in [-0.15, -0.1) is 0 Å². The minimum absolute atomic E-state index is 0.238. The highest BCUT2D eigenvalue weighted by molar-refractivity contribution is 9.09. The van der Waals surface area contributed by atoms with E-state index in [0.29, 0.717) is 11.0 Å². The van der Waals surface area contributed by atoms with Crippen molar-refractivity contribution in [2.45, 2.75) is 0 Å². The number of rotatable bonds is 3. The Morgan fingerprint density at radius 3 is 2.12 bits per heavy atom. The zero-order valence-corrected chi connectivity index (χ0v) is 6.91. The molecule has 0 unspecified atom stereocenters. The summed E-state index contributed by atoms with van der Waals surface area (Å²) < 4.78 is 12.3. The van der Waals surface area contributed by atoms with E-state index in [2.05, 4.69) is 15.9 Å². The molecule has 0 aliphatic rings. The second-order valence-corrected chi connectivity index (χ2v) is 2.97. The molecule has 0 saturated heterocycles. The number of hydrogen-bond donors (Lipinski definition) is 0. The van der Waals surface area contributed by atoms with Gasteiger partial charge in [-0.1, -0.05) is 0 Å². The highest BCUT2D eigenvalue weighted by Gasteiger charge is 2.10. The summed E-state index contributed by atoms with van der Waals surface area (Å²) in [6.45, 7) is 0.351. The van der Waals surface area contributed by atoms with Crippen LogP contribution in [0, 0.1) is 0 Å². The zero-order valence-electron chi connectivity index (χ0n) is 5.32. The van der Waals surface area contributed by atoms with Gasteiger partial charge in [0.05, 0.1) is 14.1 Å². The summed E-state index contributed by atoms with van der Waals surface area (Å²) in [6.07, 6.45) is 0. The molecule has 0 aliphatic carbocycles. The van der Waals surface area contributed by atoms with Crippen molar-refractivity contribution in [3.63, 3.8) is 0 Å². The quantitative estimate of drug-likeness (QED) is 0.354. The Morgan fingerprint density at radius 1 is 1.50 bits per heavy atom. The first-order chi connectivity index (χ1) is 3.62. The molecular weight excluding hydrogens is 173 g/mol. The van der Waals surface area contributed by atoms with Gasteiger partial charge >= 0.3 is 0 Å². The van der Waals surface area contributed by atoms with Gasteiger partial charge in [0, 0.05) is 0 Å². The molecular formula is C5H12BrFN+. The van der Waals surface area contributed by atoms with Crippen LogP contribution >= 0.6 is 15.9 Å². The van der Waals surface area contributed by atoms with E-state index in [-0.39, 0.29) is 6.67 Å². The summed E-state index contributed by atoms with van der Waals surface area (Å²) in [6, 6.07) is 0. The molecule has 8 heavy (non-hydrogen) atoms. The number of alkyl halides is 2. The fourth-order valence-electron chi connectivity index (χ4n) is 0.289. The van der Waals surface area contributed by atoms with Gasteiger partial charge in [0.25, 0.3) is 0 Å². The van der Waals surface area contributed by atoms with E-state index in [4.69, 9.17) is 0 Å². The van der Waals surface area contributed by atoms with Crippen molar-refractivity contribution in [1.82, 2.24) is 0 Å². The average Bonchev–Trinajstić information content (AvgIpc) is 1.67. The van der Waals surface area contributed by atoms with Gasteiger partial charge in [0.15, 0.2) is 0 Å². The third-order valence-electron chi connectivity index (χ3n) is 1.01. The fourth-order valence-corrected chi connectivity index (χ4v) is 0.539. The van der Waals surface area contributed by atoms with Crippen molar-refractivity contribution in [2.24, 2.45) is 0 Å². The van der Waals surface area contributed by atoms with Crippen LogP contribution in [-0.4, -0.2) is 37.3 Å². The van der Waals surface area contributed by atoms with Gasteiger partial charge < -0.3 is 4.48 Å². The molecule has 50 valence electrons. The molecule has 0 aromatic heterocycles. The molecule has 0 saturated carbocycles. The Balaban J connectivity index is 3.37. The minimum atomic E-state index is -0.238. The van der Waals surface area contributed by atoms with Crippen molar-refractivity contribution in [1.29, 1.82) is 0 Å². The summed E-state index contributed by atoms with van der Waals surface area (Å²) in [5, 5.41) is 0. The normalized spacial score (nSPS) is 12.0. The second kappa shape index (κ2) is 3.41. The molecule has 0 spiro atoms. The molecule has 0 fully saturated rings. The first-order valence-corrected chi connectivity index (χ1v) is 3.68. The van der Waals surface area contributed by atoms with Crippen molar-refractivity contribution in [3.8, 4) is 0 Å². The van der Waals surface area contributed by atoms with E-state index in [9.17, 15) is 4.39 Å². The molecule has 0 atom stereocenters. The van der Waals surface area contributed by atoms with Crippen LogP contribution in [0.15, 0.2) is 0 Å². The largest absolute Gasteiger partial charge is 0.317 e. The Labute approximate surface area is 58.2 Å². The summed E-state index contributed by atoms with van der Waals surface area (Å²) in [5.41, 5.74) is 0.816. The Kier molecular flexibility index (Phi) is 3.56. The maximum atomic E-state index is 11.6. The van der Waals surface area contributed by atoms with Gasteiger partial charge in [-0.05, 0) is 15.9 Å². The first-order valence-electron chi connectivity index (χ1n) is 2.56. The lowest BCUT2D eigenvalue weighted by molar-refractivity contribution is -0.876. The summed E-state index contributed by atoms with van der Waals surface area (Å²) in [4.78, 5) is 0. The number of quaternary nitrogens is 1. The molecule has 0 radical (unpaired) electrons. The van der Waals surface area contributed by atoms with Crippen LogP contribution in [0.5, 0.6) is 0 Å². The van der Waals surface area contributed by atoms with Gasteiger partial charge in [0.2, 0.25) is 0 Å². The highest BCUT2D eigenvalue weighted by Crippen LogP contribution is 1.99. The standard InChI is InChI=1S/C5H12BrFN/c1-8(2,5-6)4-3-7/h3-5H2,1-2H3/q+1. The van der Waals surface area contributed by atoms with Crippen molar-refractivity contribution >= 4 is 15.9 Å². The Hall–Kier alpha value is 0.370. The van der Waals surface area contributed by atoms with E-state index in [0.717, 1.165) is 5.45 Å². The predicted molar refractivity (Wildman–Crippen MR) is 36.7 cm³/mol. The molecule has 0 rings (SSSR count). The van der Waals surface area contributed by atoms with Crippen LogP contribution in [-0.2, 0) is 0 Å². The van der Waals surface area contributed by atoms with Gasteiger partial charge in [-0.2, -0.15) is 0 Å². The second-order valence-electron chi connectivity index (χ2n) is 2.47. The van der Waals surface area contributed by atoms with Gasteiger partial charge in [0.1, 0.15) is 18.7 Å². The predicted octanol–water partition coefficient (Wildman–Crippen LogP) is 1.38. The van der Waals surface area contributed by atoms with Crippen LogP contribution in [0.1, 0.15) is 0 Å². The zero-order chi connectivity index (χ0) is 6.62. The van der Waals surface area contributed by atoms with Crippen LogP contribution in [0.2, 0.25) is 0 Å². The van der Waals surface area contributed by atoms with Crippen molar-refractivity contribution < 1.29 is 8.87 Å². The smallest absolute Gasteiger partial charge is 0.138 e. The molecule has 0 aliphatic heterocycles. The van der Waals surface area contributed by atoms with E-state index >= 15 is 0 Å². The lowest BCUT2D eigenvalue weighted by Gasteiger charge is -2.25. The lowest BCUT2D eigenvalue weighted by atomic mass is 10.6. The van der Waals surface area contributed by atoms with Gasteiger partial charge in [-0.3, -0.25) is 0 Å². The molecule has 0 bridgehead atoms. The fraction of sp³-hybridized carbons (Fsp3) is 1.00. The third-order valence-corrected chi connectivity index (χ3v) is 2.37. The van der Waals surface area contributed by atoms with Crippen LogP contribution < -0.4 is 0 Å². The van der Waals surface area contributed by atoms with E-state index in [1.807, 2.05) is 14.1 Å². The molecule has 3 heteroatoms. The van der Waals surface area contributed by atoms with Crippen molar-refractivity contribution in [3.05, 3.63) is 0 Å². The molecule has 0 amide bonds. The Bertz CT molecular complexity index is 65.4. The lowest BCUT2D eigenvalue weighted by Crippen LogP contribution is -2.39. The monoisotopic (exact) mass is 184 g/mol. The van der Waals surface area contributed by atoms with Crippen molar-refractivity contribution in [2.75, 3.05) is 32.8 Å². The summed E-state index contributed by atoms with van der Waals surface area (Å²) in [7, 11) is 3.96. The number of hydrogen-bond acceptors (Lipinski definition) is 0. The third kappa shape index (κ3) is 3.38. The average molecular weight is 185 g/mol. The van der Waals surface area contributed by atoms with E-state index in [1.165, 1.54) is 0 Å². The summed E-state index contributed by atoms with van der Waals surface area (Å²) in [5.74, 6) is 0. The Morgan fingerprint density at radius 2 is 2.00 bits per heavy atom. The van der Waals surface area contributed by atoms with Crippen LogP contribution in [0.4, 0.5) is 4.39 Å². The van der Waals surface area contributed by atoms with E-state index in [1.54, 1.807) is 0 Å². The van der Waals surface area contributed by atoms with Gasteiger partial charge in [-0.25, -0.2) is 4.39 Å². The van der Waals surface area contributed by atoms with E-state index < -0.39 is 0 Å². The maximum absolute atomic E-state index is 11.6.